The van der Waals surface area contributed by atoms with Crippen LogP contribution in [-0.4, -0.2) is 47.8 Å². The Labute approximate surface area is 101 Å². The van der Waals surface area contributed by atoms with Crippen LogP contribution in [0.5, 0.6) is 0 Å². The number of sulfonamides is 1. The highest BCUT2D eigenvalue weighted by atomic mass is 32.2. The van der Waals surface area contributed by atoms with Crippen LogP contribution in [0, 0.1) is 0 Å². The summed E-state index contributed by atoms with van der Waals surface area (Å²) in [5.74, 6) is 0.0523. The van der Waals surface area contributed by atoms with Crippen molar-refractivity contribution in [1.82, 2.24) is 9.29 Å². The summed E-state index contributed by atoms with van der Waals surface area (Å²) in [6.45, 7) is 0.649. The molecule has 1 fully saturated rings. The number of aryl methyl sites for hydroxylation is 1. The van der Waals surface area contributed by atoms with Crippen molar-refractivity contribution in [2.24, 2.45) is 0 Å². The van der Waals surface area contributed by atoms with E-state index in [1.807, 2.05) is 12.1 Å². The smallest absolute Gasteiger partial charge is 0.214 e. The molecule has 0 spiro atoms. The Hall–Kier alpha value is -0.980. The molecule has 1 aliphatic rings. The van der Waals surface area contributed by atoms with E-state index in [4.69, 9.17) is 0 Å². The predicted molar refractivity (Wildman–Crippen MR) is 63.9 cm³/mol. The Morgan fingerprint density at radius 2 is 2.29 bits per heavy atom. The summed E-state index contributed by atoms with van der Waals surface area (Å²) in [4.78, 5) is 4.09. The Morgan fingerprint density at radius 3 is 2.88 bits per heavy atom. The minimum atomic E-state index is -3.26. The van der Waals surface area contributed by atoms with Gasteiger partial charge in [0, 0.05) is 31.4 Å². The second kappa shape index (κ2) is 5.12. The van der Waals surface area contributed by atoms with E-state index in [1.54, 1.807) is 12.3 Å². The molecule has 0 amide bonds. The van der Waals surface area contributed by atoms with Crippen molar-refractivity contribution in [3.8, 4) is 0 Å². The molecule has 17 heavy (non-hydrogen) atoms. The topological polar surface area (TPSA) is 70.5 Å². The lowest BCUT2D eigenvalue weighted by molar-refractivity contribution is 0.189. The van der Waals surface area contributed by atoms with E-state index in [-0.39, 0.29) is 12.3 Å². The molecule has 0 aromatic carbocycles. The van der Waals surface area contributed by atoms with Gasteiger partial charge in [-0.2, -0.15) is 4.31 Å². The molecule has 2 heterocycles. The van der Waals surface area contributed by atoms with Crippen molar-refractivity contribution in [1.29, 1.82) is 0 Å². The van der Waals surface area contributed by atoms with Crippen molar-refractivity contribution in [2.45, 2.75) is 18.9 Å². The molecule has 6 heteroatoms. The number of hydrogen-bond acceptors (Lipinski definition) is 4. The van der Waals surface area contributed by atoms with E-state index < -0.39 is 16.1 Å². The van der Waals surface area contributed by atoms with Gasteiger partial charge in [-0.1, -0.05) is 6.07 Å². The normalized spacial score (nSPS) is 21.8. The van der Waals surface area contributed by atoms with Gasteiger partial charge in [-0.3, -0.25) is 4.98 Å². The van der Waals surface area contributed by atoms with E-state index in [0.29, 0.717) is 19.4 Å². The van der Waals surface area contributed by atoms with Gasteiger partial charge in [-0.15, -0.1) is 0 Å². The Bertz CT molecular complexity index is 461. The summed E-state index contributed by atoms with van der Waals surface area (Å²) in [6.07, 6.45) is 2.08. The highest BCUT2D eigenvalue weighted by Crippen LogP contribution is 2.14. The zero-order chi connectivity index (χ0) is 12.3. The second-order valence-corrected chi connectivity index (χ2v) is 6.28. The van der Waals surface area contributed by atoms with Gasteiger partial charge < -0.3 is 5.11 Å². The standard InChI is InChI=1S/C11H16N2O3S/c14-11-4-7-13(9-11)17(15,16)8-5-10-3-1-2-6-12-10/h1-3,6,11,14H,4-5,7-9H2/t11-/m0/s1. The molecule has 0 bridgehead atoms. The number of β-amino-alcohol motifs (C(OH)–C–C–N with tert-alkyl or cyclic N) is 1. The van der Waals surface area contributed by atoms with Crippen molar-refractivity contribution >= 4 is 10.0 Å². The third kappa shape index (κ3) is 3.24. The molecule has 0 radical (unpaired) electrons. The molecule has 0 unspecified atom stereocenters. The fraction of sp³-hybridized carbons (Fsp3) is 0.545. The minimum absolute atomic E-state index is 0.0523. The Kier molecular flexibility index (Phi) is 3.76. The monoisotopic (exact) mass is 256 g/mol. The molecule has 1 aromatic rings. The molecular weight excluding hydrogens is 240 g/mol. The third-order valence-corrected chi connectivity index (χ3v) is 4.70. The van der Waals surface area contributed by atoms with Crippen LogP contribution in [0.2, 0.25) is 0 Å². The molecular formula is C11H16N2O3S. The lowest BCUT2D eigenvalue weighted by Crippen LogP contribution is -2.32. The zero-order valence-electron chi connectivity index (χ0n) is 9.49. The lowest BCUT2D eigenvalue weighted by Gasteiger charge is -2.15. The maximum absolute atomic E-state index is 11.9. The van der Waals surface area contributed by atoms with Crippen molar-refractivity contribution in [3.63, 3.8) is 0 Å². The summed E-state index contributed by atoms with van der Waals surface area (Å²) in [6, 6.07) is 5.46. The molecule has 0 saturated carbocycles. The van der Waals surface area contributed by atoms with Gasteiger partial charge >= 0.3 is 0 Å². The minimum Gasteiger partial charge on any atom is -0.392 e. The van der Waals surface area contributed by atoms with Gasteiger partial charge in [0.1, 0.15) is 0 Å². The molecule has 1 aromatic heterocycles. The average Bonchev–Trinajstić information content (AvgIpc) is 2.76. The maximum atomic E-state index is 11.9. The van der Waals surface area contributed by atoms with Crippen LogP contribution >= 0.6 is 0 Å². The summed E-state index contributed by atoms with van der Waals surface area (Å²) in [5.41, 5.74) is 0.774. The molecule has 5 nitrogen and oxygen atoms in total. The Morgan fingerprint density at radius 1 is 1.47 bits per heavy atom. The first-order valence-corrected chi connectivity index (χ1v) is 7.24. The van der Waals surface area contributed by atoms with Crippen molar-refractivity contribution in [2.75, 3.05) is 18.8 Å². The fourth-order valence-corrected chi connectivity index (χ4v) is 3.38. The third-order valence-electron chi connectivity index (χ3n) is 2.86. The molecule has 1 atom stereocenters. The summed E-state index contributed by atoms with van der Waals surface area (Å²) < 4.78 is 25.2. The number of nitrogens with zero attached hydrogens (tertiary/aromatic N) is 2. The van der Waals surface area contributed by atoms with E-state index in [2.05, 4.69) is 4.98 Å². The maximum Gasteiger partial charge on any atom is 0.214 e. The van der Waals surface area contributed by atoms with Crippen LogP contribution < -0.4 is 0 Å². The van der Waals surface area contributed by atoms with Gasteiger partial charge in [0.2, 0.25) is 10.0 Å². The number of hydrogen-bond donors (Lipinski definition) is 1. The molecule has 2 rings (SSSR count). The SMILES string of the molecule is O=S(=O)(CCc1ccccn1)N1CC[C@H](O)C1. The molecule has 0 aliphatic carbocycles. The van der Waals surface area contributed by atoms with Gasteiger partial charge in [0.25, 0.3) is 0 Å². The quantitative estimate of drug-likeness (QED) is 0.824. The van der Waals surface area contributed by atoms with Crippen molar-refractivity contribution < 1.29 is 13.5 Å². The lowest BCUT2D eigenvalue weighted by atomic mass is 10.3. The van der Waals surface area contributed by atoms with Crippen LogP contribution in [0.25, 0.3) is 0 Å². The van der Waals surface area contributed by atoms with Gasteiger partial charge in [-0.25, -0.2) is 8.42 Å². The number of pyridine rings is 1. The van der Waals surface area contributed by atoms with Crippen molar-refractivity contribution in [3.05, 3.63) is 30.1 Å². The highest BCUT2D eigenvalue weighted by molar-refractivity contribution is 7.89. The molecule has 1 saturated heterocycles. The first kappa shape index (κ1) is 12.5. The predicted octanol–water partition coefficient (Wildman–Crippen LogP) is 0.0205. The van der Waals surface area contributed by atoms with Crippen LogP contribution in [0.4, 0.5) is 0 Å². The molecule has 1 N–H and O–H groups in total. The van der Waals surface area contributed by atoms with E-state index in [0.717, 1.165) is 5.69 Å². The number of aromatic nitrogens is 1. The van der Waals surface area contributed by atoms with Gasteiger partial charge in [0.05, 0.1) is 11.9 Å². The number of aliphatic hydroxyl groups excluding tert-OH is 1. The van der Waals surface area contributed by atoms with Crippen LogP contribution in [-0.2, 0) is 16.4 Å². The van der Waals surface area contributed by atoms with Crippen LogP contribution in [0.15, 0.2) is 24.4 Å². The van der Waals surface area contributed by atoms with Crippen LogP contribution in [0.1, 0.15) is 12.1 Å². The summed E-state index contributed by atoms with van der Waals surface area (Å²) in [7, 11) is -3.26. The second-order valence-electron chi connectivity index (χ2n) is 4.19. The first-order chi connectivity index (χ1) is 8.08. The summed E-state index contributed by atoms with van der Waals surface area (Å²) >= 11 is 0. The van der Waals surface area contributed by atoms with Gasteiger partial charge in [-0.05, 0) is 18.6 Å². The fourth-order valence-electron chi connectivity index (χ4n) is 1.87. The van der Waals surface area contributed by atoms with E-state index >= 15 is 0 Å². The molecule has 94 valence electrons. The zero-order valence-corrected chi connectivity index (χ0v) is 10.3. The summed E-state index contributed by atoms with van der Waals surface area (Å²) in [5, 5.41) is 9.33. The average molecular weight is 256 g/mol. The largest absolute Gasteiger partial charge is 0.392 e. The number of rotatable bonds is 4. The number of aliphatic hydroxyl groups is 1. The van der Waals surface area contributed by atoms with Crippen LogP contribution in [0.3, 0.4) is 0 Å². The van der Waals surface area contributed by atoms with E-state index in [9.17, 15) is 13.5 Å². The van der Waals surface area contributed by atoms with Gasteiger partial charge in [0.15, 0.2) is 0 Å². The first-order valence-electron chi connectivity index (χ1n) is 5.64. The Balaban J connectivity index is 1.94. The highest BCUT2D eigenvalue weighted by Gasteiger charge is 2.29. The van der Waals surface area contributed by atoms with E-state index in [1.165, 1.54) is 4.31 Å². The molecule has 1 aliphatic heterocycles.